The predicted octanol–water partition coefficient (Wildman–Crippen LogP) is 3.36. The molecule has 2 nitrogen and oxygen atoms in total. The summed E-state index contributed by atoms with van der Waals surface area (Å²) in [7, 11) is 1.17. The number of carbonyl (C=O) groups is 1. The van der Waals surface area contributed by atoms with Gasteiger partial charge in [0.15, 0.2) is 0 Å². The van der Waals surface area contributed by atoms with Crippen LogP contribution in [0, 0.1) is 6.92 Å². The van der Waals surface area contributed by atoms with Crippen molar-refractivity contribution in [1.82, 2.24) is 0 Å². The van der Waals surface area contributed by atoms with Crippen LogP contribution in [0.5, 0.6) is 0 Å². The number of alkyl halides is 3. The topological polar surface area (TPSA) is 26.3 Å². The van der Waals surface area contributed by atoms with E-state index in [0.717, 1.165) is 6.07 Å². The molecule has 0 N–H and O–H groups in total. The molecule has 0 heterocycles. The first-order valence-electron chi connectivity index (χ1n) is 4.73. The average Bonchev–Trinajstić information content (AvgIpc) is 2.26. The van der Waals surface area contributed by atoms with Crippen molar-refractivity contribution in [2.75, 3.05) is 7.11 Å². The van der Waals surface area contributed by atoms with E-state index in [4.69, 9.17) is 0 Å². The predicted molar refractivity (Wildman–Crippen MR) is 57.6 cm³/mol. The van der Waals surface area contributed by atoms with Gasteiger partial charge < -0.3 is 4.74 Å². The van der Waals surface area contributed by atoms with Gasteiger partial charge in [-0.15, -0.1) is 0 Å². The molecular formula is C12H11F3O2. The van der Waals surface area contributed by atoms with E-state index < -0.39 is 17.7 Å². The number of allylic oxidation sites excluding steroid dienone is 1. The lowest BCUT2D eigenvalue weighted by Gasteiger charge is -2.12. The maximum Gasteiger partial charge on any atom is 0.416 e. The van der Waals surface area contributed by atoms with Crippen molar-refractivity contribution in [3.63, 3.8) is 0 Å². The van der Waals surface area contributed by atoms with Gasteiger partial charge in [-0.05, 0) is 24.1 Å². The smallest absolute Gasteiger partial charge is 0.416 e. The van der Waals surface area contributed by atoms with Gasteiger partial charge in [0.1, 0.15) is 0 Å². The standard InChI is InChI=1S/C12H11F3O2/c1-7-4-5-9(8(2)12(13,14)15)6-10(7)11(16)17-3/h4-6H,2H2,1,3H3. The largest absolute Gasteiger partial charge is 0.465 e. The second-order valence-corrected chi connectivity index (χ2v) is 3.50. The molecule has 0 aliphatic rings. The van der Waals surface area contributed by atoms with E-state index in [0.29, 0.717) is 5.56 Å². The zero-order valence-corrected chi connectivity index (χ0v) is 9.39. The summed E-state index contributed by atoms with van der Waals surface area (Å²) in [6, 6.07) is 3.84. The monoisotopic (exact) mass is 244 g/mol. The number of rotatable bonds is 2. The Labute approximate surface area is 96.7 Å². The summed E-state index contributed by atoms with van der Waals surface area (Å²) in [6.07, 6.45) is -4.51. The van der Waals surface area contributed by atoms with Crippen molar-refractivity contribution in [2.24, 2.45) is 0 Å². The second kappa shape index (κ2) is 4.61. The summed E-state index contributed by atoms with van der Waals surface area (Å²) in [4.78, 5) is 11.3. The van der Waals surface area contributed by atoms with Gasteiger partial charge in [0.2, 0.25) is 0 Å². The first-order chi connectivity index (χ1) is 7.77. The molecule has 0 atom stereocenters. The third-order valence-electron chi connectivity index (χ3n) is 2.33. The lowest BCUT2D eigenvalue weighted by molar-refractivity contribution is -0.0686. The third-order valence-corrected chi connectivity index (χ3v) is 2.33. The molecule has 0 bridgehead atoms. The fraction of sp³-hybridized carbons (Fsp3) is 0.250. The highest BCUT2D eigenvalue weighted by Gasteiger charge is 2.33. The lowest BCUT2D eigenvalue weighted by atomic mass is 10.0. The van der Waals surface area contributed by atoms with Gasteiger partial charge in [0, 0.05) is 0 Å². The van der Waals surface area contributed by atoms with Crippen LogP contribution in [0.25, 0.3) is 5.57 Å². The molecule has 0 fully saturated rings. The minimum absolute atomic E-state index is 0.107. The van der Waals surface area contributed by atoms with E-state index in [1.807, 2.05) is 0 Å². The Morgan fingerprint density at radius 2 is 1.94 bits per heavy atom. The zero-order valence-electron chi connectivity index (χ0n) is 9.39. The van der Waals surface area contributed by atoms with Gasteiger partial charge in [-0.1, -0.05) is 18.7 Å². The Hall–Kier alpha value is -1.78. The number of ether oxygens (including phenoxy) is 1. The molecule has 92 valence electrons. The SMILES string of the molecule is C=C(c1ccc(C)c(C(=O)OC)c1)C(F)(F)F. The third kappa shape index (κ3) is 2.87. The number of aryl methyl sites for hydroxylation is 1. The Bertz CT molecular complexity index is 461. The van der Waals surface area contributed by atoms with Crippen LogP contribution in [0.15, 0.2) is 24.8 Å². The minimum atomic E-state index is -4.51. The molecular weight excluding hydrogens is 233 g/mol. The lowest BCUT2D eigenvalue weighted by Crippen LogP contribution is -2.11. The highest BCUT2D eigenvalue weighted by Crippen LogP contribution is 2.32. The molecule has 17 heavy (non-hydrogen) atoms. The van der Waals surface area contributed by atoms with Gasteiger partial charge in [-0.2, -0.15) is 13.2 Å². The Kier molecular flexibility index (Phi) is 3.60. The van der Waals surface area contributed by atoms with Gasteiger partial charge in [-0.25, -0.2) is 4.79 Å². The summed E-state index contributed by atoms with van der Waals surface area (Å²) >= 11 is 0. The van der Waals surface area contributed by atoms with Crippen molar-refractivity contribution < 1.29 is 22.7 Å². The van der Waals surface area contributed by atoms with Gasteiger partial charge in [-0.3, -0.25) is 0 Å². The molecule has 0 radical (unpaired) electrons. The molecule has 0 aliphatic heterocycles. The van der Waals surface area contributed by atoms with Gasteiger partial charge in [0.05, 0.1) is 18.2 Å². The molecule has 0 spiro atoms. The summed E-state index contributed by atoms with van der Waals surface area (Å²) in [5, 5.41) is 0. The molecule has 0 unspecified atom stereocenters. The molecule has 1 rings (SSSR count). The summed E-state index contributed by atoms with van der Waals surface area (Å²) in [6.45, 7) is 4.59. The molecule has 0 aromatic heterocycles. The van der Waals surface area contributed by atoms with Crippen molar-refractivity contribution >= 4 is 11.5 Å². The summed E-state index contributed by atoms with van der Waals surface area (Å²) in [5.74, 6) is -0.667. The molecule has 1 aromatic rings. The molecule has 0 saturated carbocycles. The second-order valence-electron chi connectivity index (χ2n) is 3.50. The highest BCUT2D eigenvalue weighted by atomic mass is 19.4. The van der Waals surface area contributed by atoms with Gasteiger partial charge >= 0.3 is 12.1 Å². The Balaban J connectivity index is 3.22. The van der Waals surface area contributed by atoms with Crippen molar-refractivity contribution in [3.05, 3.63) is 41.5 Å². The fourth-order valence-corrected chi connectivity index (χ4v) is 1.30. The van der Waals surface area contributed by atoms with Crippen molar-refractivity contribution in [2.45, 2.75) is 13.1 Å². The quantitative estimate of drug-likeness (QED) is 0.745. The highest BCUT2D eigenvalue weighted by molar-refractivity contribution is 5.92. The number of methoxy groups -OCH3 is 1. The molecule has 5 heteroatoms. The van der Waals surface area contributed by atoms with E-state index in [1.54, 1.807) is 6.92 Å². The van der Waals surface area contributed by atoms with Gasteiger partial charge in [0.25, 0.3) is 0 Å². The number of halogens is 3. The first kappa shape index (κ1) is 13.3. The summed E-state index contributed by atoms with van der Waals surface area (Å²) < 4.78 is 41.8. The maximum absolute atomic E-state index is 12.4. The van der Waals surface area contributed by atoms with Crippen molar-refractivity contribution in [1.29, 1.82) is 0 Å². The summed E-state index contributed by atoms with van der Waals surface area (Å²) in [5.41, 5.74) is -0.461. The van der Waals surface area contributed by atoms with Crippen LogP contribution in [-0.4, -0.2) is 19.3 Å². The normalized spacial score (nSPS) is 11.1. The Morgan fingerprint density at radius 3 is 2.41 bits per heavy atom. The van der Waals surface area contributed by atoms with Crippen LogP contribution in [0.1, 0.15) is 21.5 Å². The van der Waals surface area contributed by atoms with Crippen molar-refractivity contribution in [3.8, 4) is 0 Å². The average molecular weight is 244 g/mol. The molecule has 0 saturated heterocycles. The van der Waals surface area contributed by atoms with E-state index in [9.17, 15) is 18.0 Å². The van der Waals surface area contributed by atoms with Crippen LogP contribution in [0.3, 0.4) is 0 Å². The van der Waals surface area contributed by atoms with E-state index in [2.05, 4.69) is 11.3 Å². The number of hydrogen-bond donors (Lipinski definition) is 0. The van der Waals surface area contributed by atoms with Crippen LogP contribution in [0.4, 0.5) is 13.2 Å². The minimum Gasteiger partial charge on any atom is -0.465 e. The molecule has 0 amide bonds. The maximum atomic E-state index is 12.4. The van der Waals surface area contributed by atoms with Crippen LogP contribution >= 0.6 is 0 Å². The number of carbonyl (C=O) groups excluding carboxylic acids is 1. The van der Waals surface area contributed by atoms with E-state index in [1.165, 1.54) is 19.2 Å². The Morgan fingerprint density at radius 1 is 1.35 bits per heavy atom. The van der Waals surface area contributed by atoms with E-state index >= 15 is 0 Å². The number of benzene rings is 1. The first-order valence-corrected chi connectivity index (χ1v) is 4.73. The molecule has 0 aliphatic carbocycles. The number of hydrogen-bond acceptors (Lipinski definition) is 2. The molecule has 1 aromatic carbocycles. The van der Waals surface area contributed by atoms with Crippen LogP contribution in [-0.2, 0) is 4.74 Å². The zero-order chi connectivity index (χ0) is 13.2. The van der Waals surface area contributed by atoms with Crippen LogP contribution in [0.2, 0.25) is 0 Å². The van der Waals surface area contributed by atoms with Crippen LogP contribution < -0.4 is 0 Å². The fourth-order valence-electron chi connectivity index (χ4n) is 1.30. The number of esters is 1. The van der Waals surface area contributed by atoms with E-state index in [-0.39, 0.29) is 11.1 Å².